The summed E-state index contributed by atoms with van der Waals surface area (Å²) < 4.78 is 0. The normalized spacial score (nSPS) is 19.4. The molecule has 2 saturated heterocycles. The van der Waals surface area contributed by atoms with Gasteiger partial charge in [0.2, 0.25) is 5.91 Å². The van der Waals surface area contributed by atoms with Gasteiger partial charge in [-0.25, -0.2) is 9.97 Å². The third-order valence-corrected chi connectivity index (χ3v) is 6.49. The smallest absolute Gasteiger partial charge is 0.227 e. The number of hydrogen-bond acceptors (Lipinski definition) is 6. The Hall–Kier alpha value is -3.13. The molecule has 0 aliphatic carbocycles. The number of carbonyl (C=O) groups excluding carboxylic acids is 1. The highest BCUT2D eigenvalue weighted by Crippen LogP contribution is 2.26. The van der Waals surface area contributed by atoms with Crippen molar-refractivity contribution in [3.63, 3.8) is 0 Å². The van der Waals surface area contributed by atoms with E-state index in [-0.39, 0.29) is 18.6 Å². The summed E-state index contributed by atoms with van der Waals surface area (Å²) in [6.45, 7) is 3.93. The molecule has 1 atom stereocenters. The largest absolute Gasteiger partial charge is 0.394 e. The van der Waals surface area contributed by atoms with Gasteiger partial charge in [0.1, 0.15) is 18.0 Å². The second kappa shape index (κ2) is 8.55. The van der Waals surface area contributed by atoms with Crippen molar-refractivity contribution < 1.29 is 9.90 Å². The maximum Gasteiger partial charge on any atom is 0.227 e. The average molecular weight is 421 g/mol. The molecule has 0 radical (unpaired) electrons. The monoisotopic (exact) mass is 420 g/mol. The summed E-state index contributed by atoms with van der Waals surface area (Å²) >= 11 is 0. The number of aromatic nitrogens is 3. The molecule has 2 aromatic heterocycles. The maximum absolute atomic E-state index is 12.9. The van der Waals surface area contributed by atoms with Crippen molar-refractivity contribution in [2.24, 2.45) is 0 Å². The number of H-pyrrole nitrogens is 1. The average Bonchev–Trinajstić information content (AvgIpc) is 3.46. The van der Waals surface area contributed by atoms with Gasteiger partial charge in [0, 0.05) is 55.9 Å². The Morgan fingerprint density at radius 2 is 1.90 bits per heavy atom. The minimum atomic E-state index is 0.140. The summed E-state index contributed by atoms with van der Waals surface area (Å²) in [5.74, 6) is 1.92. The van der Waals surface area contributed by atoms with E-state index < -0.39 is 0 Å². The number of hydrogen-bond donors (Lipinski definition) is 2. The van der Waals surface area contributed by atoms with Crippen LogP contribution in [0.15, 0.2) is 42.9 Å². The summed E-state index contributed by atoms with van der Waals surface area (Å²) in [6, 6.07) is 10.2. The molecule has 2 aliphatic heterocycles. The van der Waals surface area contributed by atoms with Crippen molar-refractivity contribution in [3.05, 3.63) is 48.4 Å². The maximum atomic E-state index is 12.9. The third-order valence-electron chi connectivity index (χ3n) is 6.49. The van der Waals surface area contributed by atoms with E-state index >= 15 is 0 Å². The zero-order chi connectivity index (χ0) is 21.2. The SMILES string of the molecule is O=C(Cc1c[nH]c2ccccc12)N1CCN(c2cc(N3CCCC3CO)ncn2)CC1. The van der Waals surface area contributed by atoms with Gasteiger partial charge in [0.25, 0.3) is 0 Å². The molecule has 3 aromatic rings. The fourth-order valence-electron chi connectivity index (χ4n) is 4.73. The van der Waals surface area contributed by atoms with Crippen LogP contribution >= 0.6 is 0 Å². The van der Waals surface area contributed by atoms with Crippen molar-refractivity contribution in [2.75, 3.05) is 49.1 Å². The van der Waals surface area contributed by atoms with E-state index in [1.165, 1.54) is 0 Å². The van der Waals surface area contributed by atoms with Gasteiger partial charge in [-0.1, -0.05) is 18.2 Å². The molecule has 2 aliphatic rings. The number of rotatable bonds is 5. The molecular formula is C23H28N6O2. The summed E-state index contributed by atoms with van der Waals surface area (Å²) in [7, 11) is 0. The van der Waals surface area contributed by atoms with Crippen molar-refractivity contribution in [1.82, 2.24) is 19.9 Å². The Bertz CT molecular complexity index is 1060. The van der Waals surface area contributed by atoms with Crippen molar-refractivity contribution in [2.45, 2.75) is 25.3 Å². The van der Waals surface area contributed by atoms with Crippen LogP contribution in [0.1, 0.15) is 18.4 Å². The van der Waals surface area contributed by atoms with Gasteiger partial charge < -0.3 is 24.8 Å². The van der Waals surface area contributed by atoms with Crippen LogP contribution < -0.4 is 9.80 Å². The van der Waals surface area contributed by atoms with Crippen LogP contribution in [0.3, 0.4) is 0 Å². The van der Waals surface area contributed by atoms with E-state index in [0.29, 0.717) is 19.5 Å². The first-order valence-corrected chi connectivity index (χ1v) is 11.0. The van der Waals surface area contributed by atoms with E-state index in [0.717, 1.165) is 60.6 Å². The van der Waals surface area contributed by atoms with E-state index in [2.05, 4.69) is 30.8 Å². The quantitative estimate of drug-likeness (QED) is 0.655. The molecule has 31 heavy (non-hydrogen) atoms. The lowest BCUT2D eigenvalue weighted by molar-refractivity contribution is -0.130. The molecule has 8 heteroatoms. The Kier molecular flexibility index (Phi) is 5.46. The Labute approximate surface area is 181 Å². The Morgan fingerprint density at radius 1 is 1.10 bits per heavy atom. The highest BCUT2D eigenvalue weighted by molar-refractivity contribution is 5.89. The molecule has 2 N–H and O–H groups in total. The number of anilines is 2. The summed E-state index contributed by atoms with van der Waals surface area (Å²) in [5, 5.41) is 10.7. The van der Waals surface area contributed by atoms with Gasteiger partial charge in [-0.3, -0.25) is 4.79 Å². The lowest BCUT2D eigenvalue weighted by atomic mass is 10.1. The molecule has 4 heterocycles. The number of nitrogens with zero attached hydrogens (tertiary/aromatic N) is 5. The predicted octanol–water partition coefficient (Wildman–Crippen LogP) is 1.81. The molecule has 1 unspecified atom stereocenters. The van der Waals surface area contributed by atoms with Gasteiger partial charge in [0.15, 0.2) is 0 Å². The molecule has 0 spiro atoms. The van der Waals surface area contributed by atoms with Gasteiger partial charge in [-0.15, -0.1) is 0 Å². The summed E-state index contributed by atoms with van der Waals surface area (Å²) in [5.41, 5.74) is 2.11. The number of para-hydroxylation sites is 1. The van der Waals surface area contributed by atoms with Gasteiger partial charge in [-0.2, -0.15) is 0 Å². The minimum absolute atomic E-state index is 0.140. The number of amides is 1. The molecule has 1 amide bonds. The van der Waals surface area contributed by atoms with Crippen molar-refractivity contribution >= 4 is 28.4 Å². The highest BCUT2D eigenvalue weighted by Gasteiger charge is 2.27. The molecule has 5 rings (SSSR count). The Morgan fingerprint density at radius 3 is 2.74 bits per heavy atom. The lowest BCUT2D eigenvalue weighted by Gasteiger charge is -2.36. The molecule has 2 fully saturated rings. The van der Waals surface area contributed by atoms with Gasteiger partial charge >= 0.3 is 0 Å². The molecule has 162 valence electrons. The highest BCUT2D eigenvalue weighted by atomic mass is 16.3. The number of fused-ring (bicyclic) bond motifs is 1. The number of carbonyl (C=O) groups is 1. The fraction of sp³-hybridized carbons (Fsp3) is 0.435. The van der Waals surface area contributed by atoms with Crippen LogP contribution in [0.5, 0.6) is 0 Å². The topological polar surface area (TPSA) is 88.6 Å². The van der Waals surface area contributed by atoms with Gasteiger partial charge in [-0.05, 0) is 24.5 Å². The summed E-state index contributed by atoms with van der Waals surface area (Å²) in [6.07, 6.45) is 6.03. The molecule has 0 saturated carbocycles. The van der Waals surface area contributed by atoms with Crippen LogP contribution in [0.2, 0.25) is 0 Å². The van der Waals surface area contributed by atoms with E-state index in [1.807, 2.05) is 35.4 Å². The third kappa shape index (κ3) is 3.95. The van der Waals surface area contributed by atoms with E-state index in [1.54, 1.807) is 6.33 Å². The number of benzene rings is 1. The first kappa shape index (κ1) is 19.8. The number of aliphatic hydroxyl groups excluding tert-OH is 1. The molecular weight excluding hydrogens is 392 g/mol. The van der Waals surface area contributed by atoms with Gasteiger partial charge in [0.05, 0.1) is 19.1 Å². The fourth-order valence-corrected chi connectivity index (χ4v) is 4.73. The number of piperazine rings is 1. The molecule has 0 bridgehead atoms. The zero-order valence-electron chi connectivity index (χ0n) is 17.6. The number of nitrogens with one attached hydrogen (secondary N) is 1. The van der Waals surface area contributed by atoms with Crippen LogP contribution in [0.4, 0.5) is 11.6 Å². The van der Waals surface area contributed by atoms with E-state index in [9.17, 15) is 9.90 Å². The first-order chi connectivity index (χ1) is 15.2. The predicted molar refractivity (Wildman–Crippen MR) is 120 cm³/mol. The second-order valence-electron chi connectivity index (χ2n) is 8.31. The number of aliphatic hydroxyl groups is 1. The summed E-state index contributed by atoms with van der Waals surface area (Å²) in [4.78, 5) is 31.4. The second-order valence-corrected chi connectivity index (χ2v) is 8.31. The molecule has 1 aromatic carbocycles. The van der Waals surface area contributed by atoms with Crippen LogP contribution in [0, 0.1) is 0 Å². The van der Waals surface area contributed by atoms with Crippen LogP contribution in [-0.2, 0) is 11.2 Å². The number of aromatic amines is 1. The minimum Gasteiger partial charge on any atom is -0.394 e. The lowest BCUT2D eigenvalue weighted by Crippen LogP contribution is -2.49. The Balaban J connectivity index is 1.21. The van der Waals surface area contributed by atoms with Crippen molar-refractivity contribution in [1.29, 1.82) is 0 Å². The van der Waals surface area contributed by atoms with E-state index in [4.69, 9.17) is 0 Å². The first-order valence-electron chi connectivity index (χ1n) is 11.0. The van der Waals surface area contributed by atoms with Crippen LogP contribution in [0.25, 0.3) is 10.9 Å². The van der Waals surface area contributed by atoms with Crippen LogP contribution in [-0.4, -0.2) is 76.2 Å². The zero-order valence-corrected chi connectivity index (χ0v) is 17.6. The van der Waals surface area contributed by atoms with Crippen molar-refractivity contribution in [3.8, 4) is 0 Å². The standard InChI is InChI=1S/C23H28N6O2/c30-15-18-4-3-7-29(18)22-13-21(25-16-26-22)27-8-10-28(11-9-27)23(31)12-17-14-24-20-6-2-1-5-19(17)20/h1-2,5-6,13-14,16,18,24,30H,3-4,7-12,15H2. The molecule has 8 nitrogen and oxygen atoms in total.